The molecule has 9 nitrogen and oxygen atoms in total. The van der Waals surface area contributed by atoms with E-state index in [4.69, 9.17) is 4.74 Å². The van der Waals surface area contributed by atoms with Gasteiger partial charge in [-0.1, -0.05) is 19.1 Å². The molecule has 3 aromatic rings. The second kappa shape index (κ2) is 13.1. The van der Waals surface area contributed by atoms with Crippen molar-refractivity contribution in [2.45, 2.75) is 49.0 Å². The van der Waals surface area contributed by atoms with Crippen LogP contribution in [0.4, 0.5) is 32.0 Å². The largest absolute Gasteiger partial charge is 0.573 e. The normalized spacial score (nSPS) is 16.8. The van der Waals surface area contributed by atoms with Crippen LogP contribution in [0.15, 0.2) is 71.6 Å². The van der Waals surface area contributed by atoms with Crippen molar-refractivity contribution in [3.8, 4) is 17.6 Å². The van der Waals surface area contributed by atoms with Crippen molar-refractivity contribution >= 4 is 21.4 Å². The van der Waals surface area contributed by atoms with Crippen LogP contribution in [0.5, 0.6) is 11.5 Å². The molecule has 0 bridgehead atoms. The summed E-state index contributed by atoms with van der Waals surface area (Å²) in [5, 5.41) is 22.7. The molecule has 16 heteroatoms. The average Bonchev–Trinajstić information content (AvgIpc) is 3.44. The number of carbonyl (C=O) groups excluding carboxylic acids is 1. The number of alkyl halides is 6. The highest BCUT2D eigenvalue weighted by Gasteiger charge is 2.36. The van der Waals surface area contributed by atoms with Gasteiger partial charge in [-0.2, -0.15) is 18.4 Å². The smallest absolute Gasteiger partial charge is 0.489 e. The number of nitriles is 1. The highest BCUT2D eigenvalue weighted by molar-refractivity contribution is 7.91. The van der Waals surface area contributed by atoms with E-state index < -0.39 is 57.8 Å². The molecule has 1 saturated heterocycles. The lowest BCUT2D eigenvalue weighted by atomic mass is 9.99. The second-order valence-corrected chi connectivity index (χ2v) is 12.6. The molecule has 2 N–H and O–H groups in total. The maximum absolute atomic E-state index is 13.4. The van der Waals surface area contributed by atoms with Gasteiger partial charge in [0, 0.05) is 24.1 Å². The van der Waals surface area contributed by atoms with E-state index in [0.717, 1.165) is 30.3 Å². The van der Waals surface area contributed by atoms with Gasteiger partial charge in [0.1, 0.15) is 11.9 Å². The minimum Gasteiger partial charge on any atom is -0.489 e. The molecule has 3 aromatic carbocycles. The molecule has 1 aliphatic heterocycles. The molecule has 1 aliphatic rings. The molecule has 0 radical (unpaired) electrons. The highest BCUT2D eigenvalue weighted by atomic mass is 32.2. The van der Waals surface area contributed by atoms with Crippen LogP contribution in [0.25, 0.3) is 0 Å². The Bertz CT molecular complexity index is 1710. The summed E-state index contributed by atoms with van der Waals surface area (Å²) in [4.78, 5) is 14.6. The second-order valence-electron chi connectivity index (χ2n) is 10.3. The Morgan fingerprint density at radius 2 is 1.65 bits per heavy atom. The number of sulfone groups is 1. The average molecular weight is 672 g/mol. The molecular formula is C30H27F6N3O6S. The molecule has 1 heterocycles. The molecule has 246 valence electrons. The van der Waals surface area contributed by atoms with Crippen molar-refractivity contribution in [3.63, 3.8) is 0 Å². The number of rotatable bonds is 10. The van der Waals surface area contributed by atoms with Crippen molar-refractivity contribution < 1.29 is 54.1 Å². The van der Waals surface area contributed by atoms with Crippen molar-refractivity contribution in [2.75, 3.05) is 23.7 Å². The first-order chi connectivity index (χ1) is 21.4. The van der Waals surface area contributed by atoms with Gasteiger partial charge in [-0.25, -0.2) is 8.42 Å². The Kier molecular flexibility index (Phi) is 9.78. The van der Waals surface area contributed by atoms with Crippen LogP contribution in [0.1, 0.15) is 41.3 Å². The van der Waals surface area contributed by atoms with Crippen molar-refractivity contribution in [1.29, 1.82) is 5.26 Å². The number of carbonyl (C=O) groups is 1. The molecule has 0 saturated carbocycles. The van der Waals surface area contributed by atoms with Gasteiger partial charge >= 0.3 is 12.5 Å². The maximum Gasteiger partial charge on any atom is 0.573 e. The van der Waals surface area contributed by atoms with Gasteiger partial charge in [0.15, 0.2) is 21.3 Å². The molecular weight excluding hydrogens is 644 g/mol. The fraction of sp³-hybridized carbons (Fsp3) is 0.333. The minimum absolute atomic E-state index is 0.0445. The van der Waals surface area contributed by atoms with Crippen LogP contribution < -0.4 is 19.7 Å². The predicted molar refractivity (Wildman–Crippen MR) is 152 cm³/mol. The van der Waals surface area contributed by atoms with E-state index in [-0.39, 0.29) is 46.3 Å². The summed E-state index contributed by atoms with van der Waals surface area (Å²) >= 11 is 0. The SMILES string of the molecule is CCS(=O)(=O)c1ccc([C@@](O)(CC#N)NC(=O)c2ccc(N3CC[C@@H](Oc4ccc(C(F)(F)F)cc4)C3)c(OC(F)(F)F)c2)cc1. The molecule has 4 rings (SSSR count). The van der Waals surface area contributed by atoms with Crippen LogP contribution in [-0.2, 0) is 21.7 Å². The molecule has 0 aliphatic carbocycles. The monoisotopic (exact) mass is 671 g/mol. The Morgan fingerprint density at radius 3 is 2.22 bits per heavy atom. The van der Waals surface area contributed by atoms with E-state index in [2.05, 4.69) is 10.1 Å². The van der Waals surface area contributed by atoms with E-state index in [1.807, 2.05) is 0 Å². The van der Waals surface area contributed by atoms with Crippen LogP contribution in [0.3, 0.4) is 0 Å². The van der Waals surface area contributed by atoms with Gasteiger partial charge in [0.2, 0.25) is 0 Å². The summed E-state index contributed by atoms with van der Waals surface area (Å²) in [6.07, 6.45) is -10.6. The van der Waals surface area contributed by atoms with Gasteiger partial charge in [-0.15, -0.1) is 13.2 Å². The summed E-state index contributed by atoms with van der Waals surface area (Å²) in [7, 11) is -3.58. The van der Waals surface area contributed by atoms with E-state index in [0.29, 0.717) is 6.42 Å². The third kappa shape index (κ3) is 8.20. The number of hydrogen-bond donors (Lipinski definition) is 2. The molecule has 0 spiro atoms. The van der Waals surface area contributed by atoms with Gasteiger partial charge in [0.05, 0.1) is 40.9 Å². The van der Waals surface area contributed by atoms with E-state index in [1.54, 1.807) is 6.07 Å². The first-order valence-corrected chi connectivity index (χ1v) is 15.3. The number of benzene rings is 3. The first-order valence-electron chi connectivity index (χ1n) is 13.7. The molecule has 0 unspecified atom stereocenters. The summed E-state index contributed by atoms with van der Waals surface area (Å²) in [6, 6.07) is 13.7. The first kappa shape index (κ1) is 34.4. The van der Waals surface area contributed by atoms with Crippen LogP contribution in [-0.4, -0.2) is 50.7 Å². The van der Waals surface area contributed by atoms with Crippen molar-refractivity contribution in [1.82, 2.24) is 5.32 Å². The minimum atomic E-state index is -5.15. The number of ether oxygens (including phenoxy) is 2. The van der Waals surface area contributed by atoms with E-state index in [9.17, 15) is 49.9 Å². The van der Waals surface area contributed by atoms with Gasteiger partial charge in [0.25, 0.3) is 5.91 Å². The lowest BCUT2D eigenvalue weighted by molar-refractivity contribution is -0.274. The van der Waals surface area contributed by atoms with Crippen LogP contribution >= 0.6 is 0 Å². The summed E-state index contributed by atoms with van der Waals surface area (Å²) in [6.45, 7) is 1.68. The quantitative estimate of drug-likeness (QED) is 0.212. The highest BCUT2D eigenvalue weighted by Crippen LogP contribution is 2.37. The molecule has 1 amide bonds. The van der Waals surface area contributed by atoms with Crippen LogP contribution in [0.2, 0.25) is 0 Å². The van der Waals surface area contributed by atoms with Crippen molar-refractivity contribution in [2.24, 2.45) is 0 Å². The van der Waals surface area contributed by atoms with Gasteiger partial charge < -0.3 is 24.8 Å². The zero-order chi connectivity index (χ0) is 33.9. The number of anilines is 1. The number of hydrogen-bond acceptors (Lipinski definition) is 8. The Hall–Kier alpha value is -4.49. The van der Waals surface area contributed by atoms with Gasteiger partial charge in [-0.05, 0) is 54.6 Å². The molecule has 46 heavy (non-hydrogen) atoms. The summed E-state index contributed by atoms with van der Waals surface area (Å²) < 4.78 is 113. The van der Waals surface area contributed by atoms with Gasteiger partial charge in [-0.3, -0.25) is 4.79 Å². The molecule has 1 fully saturated rings. The molecule has 0 aromatic heterocycles. The zero-order valence-electron chi connectivity index (χ0n) is 24.0. The number of nitrogens with one attached hydrogen (secondary N) is 1. The predicted octanol–water partition coefficient (Wildman–Crippen LogP) is 5.54. The standard InChI is InChI=1S/C30H27F6N3O6S/c1-2-46(42,43)24-10-6-20(7-11-24)28(41,14-15-37)38-27(40)19-3-12-25(26(17-19)45-30(34,35)36)39-16-13-23(18-39)44-22-8-4-21(5-9-22)29(31,32)33/h3-12,17,23,41H,2,13-14,16,18H2,1H3,(H,38,40)/t23-,28+/m1/s1. The van der Waals surface area contributed by atoms with E-state index in [1.165, 1.54) is 48.2 Å². The fourth-order valence-corrected chi connectivity index (χ4v) is 5.66. The Morgan fingerprint density at radius 1 is 1.02 bits per heavy atom. The topological polar surface area (TPSA) is 129 Å². The summed E-state index contributed by atoms with van der Waals surface area (Å²) in [5.74, 6) is -1.85. The Labute approximate surface area is 259 Å². The fourth-order valence-electron chi connectivity index (χ4n) is 4.78. The van der Waals surface area contributed by atoms with Crippen molar-refractivity contribution in [3.05, 3.63) is 83.4 Å². The summed E-state index contributed by atoms with van der Waals surface area (Å²) in [5.41, 5.74) is -3.65. The number of aliphatic hydroxyl groups is 1. The number of halogens is 6. The maximum atomic E-state index is 13.4. The van der Waals surface area contributed by atoms with Crippen LogP contribution in [0, 0.1) is 11.3 Å². The Balaban J connectivity index is 1.54. The lowest BCUT2D eigenvalue weighted by Crippen LogP contribution is -2.45. The van der Waals surface area contributed by atoms with E-state index >= 15 is 0 Å². The number of amides is 1. The zero-order valence-corrected chi connectivity index (χ0v) is 24.8. The lowest BCUT2D eigenvalue weighted by Gasteiger charge is -2.28. The molecule has 2 atom stereocenters. The number of nitrogens with zero attached hydrogens (tertiary/aromatic N) is 2. The third-order valence-electron chi connectivity index (χ3n) is 7.14. The third-order valence-corrected chi connectivity index (χ3v) is 8.89.